The maximum Gasteiger partial charge on any atom is 0.418 e. The lowest BCUT2D eigenvalue weighted by Crippen LogP contribution is -2.52. The van der Waals surface area contributed by atoms with Gasteiger partial charge in [0.05, 0.1) is 17.3 Å². The third kappa shape index (κ3) is 3.96. The predicted octanol–water partition coefficient (Wildman–Crippen LogP) is 4.48. The van der Waals surface area contributed by atoms with Gasteiger partial charge >= 0.3 is 12.2 Å². The van der Waals surface area contributed by atoms with Crippen LogP contribution in [0.2, 0.25) is 5.02 Å². The molecule has 0 saturated carbocycles. The third-order valence-electron chi connectivity index (χ3n) is 4.28. The fourth-order valence-corrected chi connectivity index (χ4v) is 3.28. The van der Waals surface area contributed by atoms with Crippen LogP contribution in [0.5, 0.6) is 0 Å². The van der Waals surface area contributed by atoms with Crippen LogP contribution in [0, 0.1) is 5.92 Å². The van der Waals surface area contributed by atoms with E-state index in [4.69, 9.17) is 11.6 Å². The van der Waals surface area contributed by atoms with Crippen LogP contribution in [0.15, 0.2) is 60.8 Å². The van der Waals surface area contributed by atoms with Crippen LogP contribution in [0.3, 0.4) is 0 Å². The third-order valence-corrected chi connectivity index (χ3v) is 4.63. The Balaban J connectivity index is 1.96. The van der Waals surface area contributed by atoms with E-state index in [-0.39, 0.29) is 11.4 Å². The highest BCUT2D eigenvalue weighted by atomic mass is 35.5. The minimum Gasteiger partial charge on any atom is -0.330 e. The first kappa shape index (κ1) is 19.8. The van der Waals surface area contributed by atoms with E-state index in [1.165, 1.54) is 12.1 Å². The molecular formula is C19H15ClF3N3O2. The summed E-state index contributed by atoms with van der Waals surface area (Å²) >= 11 is 6.19. The molecule has 9 heteroatoms. The first-order chi connectivity index (χ1) is 13.2. The number of nitrogens with one attached hydrogen (secondary N) is 3. The van der Waals surface area contributed by atoms with Gasteiger partial charge in [-0.05, 0) is 23.8 Å². The number of rotatable bonds is 3. The summed E-state index contributed by atoms with van der Waals surface area (Å²) in [7, 11) is 0. The maximum absolute atomic E-state index is 13.2. The summed E-state index contributed by atoms with van der Waals surface area (Å²) in [5.41, 5.74) is -0.862. The molecular weight excluding hydrogens is 395 g/mol. The van der Waals surface area contributed by atoms with E-state index in [0.717, 1.165) is 12.1 Å². The highest BCUT2D eigenvalue weighted by Crippen LogP contribution is 2.37. The van der Waals surface area contributed by atoms with Gasteiger partial charge in [-0.1, -0.05) is 48.5 Å². The second-order valence-electron chi connectivity index (χ2n) is 6.13. The normalized spacial score (nSPS) is 19.6. The molecule has 0 aliphatic carbocycles. The van der Waals surface area contributed by atoms with Gasteiger partial charge in [0.1, 0.15) is 5.92 Å². The number of urea groups is 1. The Bertz CT molecular complexity index is 946. The number of hydrogen-bond donors (Lipinski definition) is 3. The molecule has 1 aliphatic rings. The first-order valence-electron chi connectivity index (χ1n) is 8.16. The lowest BCUT2D eigenvalue weighted by Gasteiger charge is -2.34. The lowest BCUT2D eigenvalue weighted by molar-refractivity contribution is -0.137. The molecule has 5 nitrogen and oxygen atoms in total. The summed E-state index contributed by atoms with van der Waals surface area (Å²) < 4.78 is 39.6. The van der Waals surface area contributed by atoms with Gasteiger partial charge in [-0.2, -0.15) is 13.2 Å². The number of benzene rings is 2. The topological polar surface area (TPSA) is 70.2 Å². The zero-order valence-electron chi connectivity index (χ0n) is 14.3. The lowest BCUT2D eigenvalue weighted by atomic mass is 9.88. The van der Waals surface area contributed by atoms with Gasteiger partial charge in [0, 0.05) is 10.7 Å². The molecule has 3 rings (SSSR count). The molecule has 146 valence electrons. The van der Waals surface area contributed by atoms with E-state index in [1.54, 1.807) is 24.3 Å². The Morgan fingerprint density at radius 1 is 1.11 bits per heavy atom. The number of carbonyl (C=O) groups is 2. The molecule has 3 N–H and O–H groups in total. The van der Waals surface area contributed by atoms with Gasteiger partial charge < -0.3 is 16.0 Å². The van der Waals surface area contributed by atoms with Crippen molar-refractivity contribution in [2.45, 2.75) is 12.2 Å². The molecule has 0 bridgehead atoms. The number of halogens is 4. The fourth-order valence-electron chi connectivity index (χ4n) is 3.03. The Morgan fingerprint density at radius 2 is 1.75 bits per heavy atom. The van der Waals surface area contributed by atoms with Gasteiger partial charge in [0.25, 0.3) is 0 Å². The number of para-hydroxylation sites is 1. The van der Waals surface area contributed by atoms with Crippen LogP contribution in [0.1, 0.15) is 17.2 Å². The molecule has 0 unspecified atom stereocenters. The molecule has 2 aromatic carbocycles. The highest BCUT2D eigenvalue weighted by Gasteiger charge is 2.40. The van der Waals surface area contributed by atoms with E-state index in [9.17, 15) is 22.8 Å². The molecule has 0 aromatic heterocycles. The quantitative estimate of drug-likeness (QED) is 0.699. The molecule has 2 aromatic rings. The van der Waals surface area contributed by atoms with Crippen molar-refractivity contribution < 1.29 is 22.8 Å². The minimum atomic E-state index is -4.64. The summed E-state index contributed by atoms with van der Waals surface area (Å²) in [6.07, 6.45) is -4.64. The number of hydrogen-bond acceptors (Lipinski definition) is 2. The van der Waals surface area contributed by atoms with E-state index in [0.29, 0.717) is 10.6 Å². The van der Waals surface area contributed by atoms with E-state index < -0.39 is 35.6 Å². The molecule has 1 aliphatic heterocycles. The van der Waals surface area contributed by atoms with Crippen LogP contribution in [-0.2, 0) is 11.0 Å². The standard InChI is InChI=1S/C19H15ClF3N3O2/c1-10-15(16(26-18(28)24-10)11-6-2-4-8-13(11)20)17(27)25-14-9-5-3-7-12(14)19(21,22)23/h2-9,15-16H,1H2,(H,25,27)(H2,24,26,28)/t15-,16-/m0/s1. The smallest absolute Gasteiger partial charge is 0.330 e. The number of amides is 3. The van der Waals surface area contributed by atoms with Crippen LogP contribution in [0.25, 0.3) is 0 Å². The molecule has 1 heterocycles. The van der Waals surface area contributed by atoms with E-state index in [1.807, 2.05) is 0 Å². The van der Waals surface area contributed by atoms with E-state index in [2.05, 4.69) is 22.5 Å². The van der Waals surface area contributed by atoms with Gasteiger partial charge in [-0.25, -0.2) is 4.79 Å². The van der Waals surface area contributed by atoms with Crippen LogP contribution in [0.4, 0.5) is 23.7 Å². The number of anilines is 1. The number of carbonyl (C=O) groups excluding carboxylic acids is 2. The van der Waals surface area contributed by atoms with Crippen molar-refractivity contribution >= 4 is 29.2 Å². The van der Waals surface area contributed by atoms with Crippen molar-refractivity contribution in [1.82, 2.24) is 10.6 Å². The molecule has 1 fully saturated rings. The second kappa shape index (κ2) is 7.55. The minimum absolute atomic E-state index is 0.0515. The summed E-state index contributed by atoms with van der Waals surface area (Å²) in [5, 5.41) is 7.58. The maximum atomic E-state index is 13.2. The van der Waals surface area contributed by atoms with Gasteiger partial charge in [-0.15, -0.1) is 0 Å². The molecule has 2 atom stereocenters. The fraction of sp³-hybridized carbons (Fsp3) is 0.158. The highest BCUT2D eigenvalue weighted by molar-refractivity contribution is 6.31. The summed E-state index contributed by atoms with van der Waals surface area (Å²) in [4.78, 5) is 24.8. The Hall–Kier alpha value is -3.00. The monoisotopic (exact) mass is 409 g/mol. The zero-order valence-corrected chi connectivity index (χ0v) is 15.1. The molecule has 1 saturated heterocycles. The zero-order chi connectivity index (χ0) is 20.5. The molecule has 28 heavy (non-hydrogen) atoms. The van der Waals surface area contributed by atoms with Gasteiger partial charge in [0.15, 0.2) is 0 Å². The average Bonchev–Trinajstić information content (AvgIpc) is 2.61. The van der Waals surface area contributed by atoms with Crippen LogP contribution < -0.4 is 16.0 Å². The van der Waals surface area contributed by atoms with Gasteiger partial charge in [0.2, 0.25) is 5.91 Å². The Labute approximate surface area is 163 Å². The molecule has 3 amide bonds. The van der Waals surface area contributed by atoms with Crippen molar-refractivity contribution in [1.29, 1.82) is 0 Å². The van der Waals surface area contributed by atoms with Crippen molar-refractivity contribution in [3.05, 3.63) is 77.0 Å². The summed E-state index contributed by atoms with van der Waals surface area (Å²) in [6.45, 7) is 3.69. The molecule has 0 radical (unpaired) electrons. The summed E-state index contributed by atoms with van der Waals surface area (Å²) in [6, 6.07) is 9.71. The van der Waals surface area contributed by atoms with Crippen molar-refractivity contribution in [2.75, 3.05) is 5.32 Å². The van der Waals surface area contributed by atoms with Crippen LogP contribution in [-0.4, -0.2) is 11.9 Å². The van der Waals surface area contributed by atoms with E-state index >= 15 is 0 Å². The largest absolute Gasteiger partial charge is 0.418 e. The van der Waals surface area contributed by atoms with Crippen molar-refractivity contribution in [3.63, 3.8) is 0 Å². The summed E-state index contributed by atoms with van der Waals surface area (Å²) in [5.74, 6) is -1.85. The van der Waals surface area contributed by atoms with Gasteiger partial charge in [-0.3, -0.25) is 4.79 Å². The SMILES string of the molecule is C=C1NC(=O)N[C@@H](c2ccccc2Cl)[C@H]1C(=O)Nc1ccccc1C(F)(F)F. The first-order valence-corrected chi connectivity index (χ1v) is 8.54. The van der Waals surface area contributed by atoms with Crippen LogP contribution >= 0.6 is 11.6 Å². The Morgan fingerprint density at radius 3 is 2.43 bits per heavy atom. The predicted molar refractivity (Wildman–Crippen MR) is 98.6 cm³/mol. The Kier molecular flexibility index (Phi) is 5.33. The van der Waals surface area contributed by atoms with Crippen molar-refractivity contribution in [2.24, 2.45) is 5.92 Å². The second-order valence-corrected chi connectivity index (χ2v) is 6.54. The molecule has 0 spiro atoms. The van der Waals surface area contributed by atoms with Crippen molar-refractivity contribution in [3.8, 4) is 0 Å². The number of alkyl halides is 3. The average molecular weight is 410 g/mol.